The van der Waals surface area contributed by atoms with Gasteiger partial charge in [-0.25, -0.2) is 0 Å². The number of Topliss-reactive ketones (excluding diaryl/α,β-unsaturated/α-hetero) is 2. The predicted molar refractivity (Wildman–Crippen MR) is 136 cm³/mol. The van der Waals surface area contributed by atoms with Crippen LogP contribution >= 0.6 is 0 Å². The van der Waals surface area contributed by atoms with E-state index in [2.05, 4.69) is 27.4 Å². The Morgan fingerprint density at radius 3 is 2.43 bits per heavy atom. The maximum Gasteiger partial charge on any atom is 0.188 e. The van der Waals surface area contributed by atoms with Crippen molar-refractivity contribution < 1.29 is 24.9 Å². The molecule has 35 heavy (non-hydrogen) atoms. The molecule has 4 rings (SSSR count). The second-order valence-corrected chi connectivity index (χ2v) is 12.9. The van der Waals surface area contributed by atoms with E-state index in [1.807, 2.05) is 13.8 Å². The number of carbonyl (C=O) groups is 2. The van der Waals surface area contributed by atoms with Crippen LogP contribution in [0.25, 0.3) is 0 Å². The van der Waals surface area contributed by atoms with E-state index >= 15 is 0 Å². The maximum absolute atomic E-state index is 14.0. The van der Waals surface area contributed by atoms with E-state index in [-0.39, 0.29) is 47.1 Å². The van der Waals surface area contributed by atoms with Crippen LogP contribution in [-0.2, 0) is 9.59 Å². The van der Waals surface area contributed by atoms with Gasteiger partial charge in [-0.3, -0.25) is 9.59 Å². The van der Waals surface area contributed by atoms with Crippen LogP contribution in [0.3, 0.4) is 0 Å². The van der Waals surface area contributed by atoms with Gasteiger partial charge < -0.3 is 15.3 Å². The first kappa shape index (κ1) is 26.8. The van der Waals surface area contributed by atoms with Gasteiger partial charge in [0.05, 0.1) is 12.2 Å². The minimum absolute atomic E-state index is 0.00748. The Bertz CT molecular complexity index is 935. The van der Waals surface area contributed by atoms with E-state index in [0.717, 1.165) is 36.8 Å². The van der Waals surface area contributed by atoms with Crippen molar-refractivity contribution in [2.45, 2.75) is 105 Å². The molecule has 0 aliphatic heterocycles. The molecule has 0 heterocycles. The quantitative estimate of drug-likeness (QED) is 0.476. The monoisotopic (exact) mass is 486 g/mol. The van der Waals surface area contributed by atoms with Gasteiger partial charge in [0, 0.05) is 16.9 Å². The Morgan fingerprint density at radius 1 is 1.14 bits per heavy atom. The van der Waals surface area contributed by atoms with Gasteiger partial charge in [-0.05, 0) is 92.4 Å². The van der Waals surface area contributed by atoms with Crippen LogP contribution in [0.5, 0.6) is 0 Å². The lowest BCUT2D eigenvalue weighted by Gasteiger charge is -2.58. The molecule has 2 fully saturated rings. The van der Waals surface area contributed by atoms with Crippen molar-refractivity contribution in [3.8, 4) is 0 Å². The van der Waals surface area contributed by atoms with Gasteiger partial charge in [-0.1, -0.05) is 46.8 Å². The van der Waals surface area contributed by atoms with E-state index in [1.165, 1.54) is 0 Å². The molecule has 11 unspecified atom stereocenters. The second-order valence-electron chi connectivity index (χ2n) is 12.9. The fourth-order valence-corrected chi connectivity index (χ4v) is 8.77. The third-order valence-electron chi connectivity index (χ3n) is 11.3. The van der Waals surface area contributed by atoms with Crippen molar-refractivity contribution in [1.82, 2.24) is 0 Å². The zero-order valence-electron chi connectivity index (χ0n) is 22.5. The number of ketones is 2. The van der Waals surface area contributed by atoms with Crippen molar-refractivity contribution in [1.29, 1.82) is 0 Å². The van der Waals surface area contributed by atoms with Gasteiger partial charge in [0.1, 0.15) is 11.9 Å². The normalized spacial score (nSPS) is 44.8. The summed E-state index contributed by atoms with van der Waals surface area (Å²) in [6, 6.07) is 0. The molecule has 4 aliphatic carbocycles. The second kappa shape index (κ2) is 9.22. The summed E-state index contributed by atoms with van der Waals surface area (Å²) in [6.45, 7) is 16.1. The van der Waals surface area contributed by atoms with Crippen molar-refractivity contribution in [2.24, 2.45) is 46.3 Å². The molecule has 0 radical (unpaired) electrons. The number of allylic oxidation sites excluding steroid dienone is 1. The summed E-state index contributed by atoms with van der Waals surface area (Å²) >= 11 is 0. The first-order chi connectivity index (χ1) is 16.3. The van der Waals surface area contributed by atoms with E-state index in [1.54, 1.807) is 6.92 Å². The summed E-state index contributed by atoms with van der Waals surface area (Å²) in [5.74, 6) is 0.250. The molecule has 0 bridgehead atoms. The highest BCUT2D eigenvalue weighted by Gasteiger charge is 2.64. The van der Waals surface area contributed by atoms with E-state index in [9.17, 15) is 24.9 Å². The molecule has 0 spiro atoms. The molecule has 5 heteroatoms. The highest BCUT2D eigenvalue weighted by Crippen LogP contribution is 2.65. The van der Waals surface area contributed by atoms with E-state index in [0.29, 0.717) is 24.8 Å². The van der Waals surface area contributed by atoms with Gasteiger partial charge >= 0.3 is 0 Å². The summed E-state index contributed by atoms with van der Waals surface area (Å²) < 4.78 is 0. The zero-order chi connectivity index (χ0) is 26.0. The zero-order valence-corrected chi connectivity index (χ0v) is 22.5. The first-order valence-corrected chi connectivity index (χ1v) is 13.8. The Morgan fingerprint density at radius 2 is 1.80 bits per heavy atom. The highest BCUT2D eigenvalue weighted by molar-refractivity contribution is 6.03. The molecule has 11 atom stereocenters. The number of hydrogen-bond donors (Lipinski definition) is 3. The number of hydrogen-bond acceptors (Lipinski definition) is 5. The van der Waals surface area contributed by atoms with E-state index < -0.39 is 29.1 Å². The predicted octanol–water partition coefficient (Wildman–Crippen LogP) is 4.63. The summed E-state index contributed by atoms with van der Waals surface area (Å²) in [5, 5.41) is 33.6. The Kier molecular flexibility index (Phi) is 7.05. The molecular formula is C30H46O5. The largest absolute Gasteiger partial charge is 0.393 e. The van der Waals surface area contributed by atoms with Crippen molar-refractivity contribution in [2.75, 3.05) is 0 Å². The molecule has 0 aromatic rings. The van der Waals surface area contributed by atoms with Gasteiger partial charge in [-0.15, -0.1) is 0 Å². The average molecular weight is 487 g/mol. The molecule has 2 saturated carbocycles. The Balaban J connectivity index is 1.65. The lowest BCUT2D eigenvalue weighted by molar-refractivity contribution is -0.144. The first-order valence-electron chi connectivity index (χ1n) is 13.8. The molecule has 3 N–H and O–H groups in total. The van der Waals surface area contributed by atoms with Crippen LogP contribution in [0, 0.1) is 46.3 Å². The summed E-state index contributed by atoms with van der Waals surface area (Å²) in [5.41, 5.74) is 1.52. The molecule has 0 aromatic carbocycles. The molecule has 0 aromatic heterocycles. The van der Waals surface area contributed by atoms with Crippen molar-refractivity contribution in [3.63, 3.8) is 0 Å². The third-order valence-corrected chi connectivity index (χ3v) is 11.3. The molecule has 0 amide bonds. The van der Waals surface area contributed by atoms with Gasteiger partial charge in [0.25, 0.3) is 0 Å². The summed E-state index contributed by atoms with van der Waals surface area (Å²) in [7, 11) is 0. The average Bonchev–Trinajstić information content (AvgIpc) is 3.16. The molecular weight excluding hydrogens is 440 g/mol. The van der Waals surface area contributed by atoms with Crippen LogP contribution in [-0.4, -0.2) is 45.2 Å². The van der Waals surface area contributed by atoms with Crippen LogP contribution in [0.4, 0.5) is 0 Å². The van der Waals surface area contributed by atoms with Gasteiger partial charge in [-0.2, -0.15) is 0 Å². The fraction of sp³-hybridized carbons (Fsp3) is 0.800. The highest BCUT2D eigenvalue weighted by atomic mass is 16.3. The van der Waals surface area contributed by atoms with Crippen LogP contribution < -0.4 is 0 Å². The number of aliphatic hydroxyl groups is 3. The number of carbonyl (C=O) groups excluding carboxylic acids is 2. The SMILES string of the molecule is C=C(CCC(C)C1CCC2C3=C(C(=O)C(O)C21C)C1(C)CCC(O)C(C)C1CC3O)C(C)C(C)=O. The van der Waals surface area contributed by atoms with Crippen LogP contribution in [0.15, 0.2) is 23.3 Å². The minimum atomic E-state index is -1.08. The van der Waals surface area contributed by atoms with Crippen molar-refractivity contribution >= 4 is 11.6 Å². The maximum atomic E-state index is 14.0. The Labute approximate surface area is 211 Å². The molecule has 5 nitrogen and oxygen atoms in total. The summed E-state index contributed by atoms with van der Waals surface area (Å²) in [6.07, 6.45) is 3.18. The standard InChI is InChI=1S/C30H46O5/c1-15(17(3)19(5)31)8-9-16(2)20-10-11-21-25-24(33)14-22-18(4)23(32)12-13-29(22,6)26(25)27(34)28(35)30(20,21)7/h16-18,20-24,28,32-33,35H,1,8-14H2,2-7H3. The number of fused-ring (bicyclic) bond motifs is 4. The minimum Gasteiger partial charge on any atom is -0.393 e. The summed E-state index contributed by atoms with van der Waals surface area (Å²) in [4.78, 5) is 25.7. The molecule has 196 valence electrons. The third kappa shape index (κ3) is 3.92. The lowest BCUT2D eigenvalue weighted by atomic mass is 9.47. The van der Waals surface area contributed by atoms with Crippen molar-refractivity contribution in [3.05, 3.63) is 23.3 Å². The molecule has 4 aliphatic rings. The van der Waals surface area contributed by atoms with E-state index in [4.69, 9.17) is 0 Å². The lowest BCUT2D eigenvalue weighted by Crippen LogP contribution is -2.59. The van der Waals surface area contributed by atoms with Gasteiger partial charge in [0.2, 0.25) is 0 Å². The topological polar surface area (TPSA) is 94.8 Å². The number of rotatable bonds is 6. The fourth-order valence-electron chi connectivity index (χ4n) is 8.77. The smallest absolute Gasteiger partial charge is 0.188 e. The van der Waals surface area contributed by atoms with Gasteiger partial charge in [0.15, 0.2) is 5.78 Å². The Hall–Kier alpha value is -1.30. The number of aliphatic hydroxyl groups excluding tert-OH is 3. The molecule has 0 saturated heterocycles. The van der Waals surface area contributed by atoms with Crippen LogP contribution in [0.2, 0.25) is 0 Å². The van der Waals surface area contributed by atoms with Crippen LogP contribution in [0.1, 0.15) is 86.5 Å².